The molecule has 1 unspecified atom stereocenters. The zero-order valence-corrected chi connectivity index (χ0v) is 11.2. The van der Waals surface area contributed by atoms with E-state index < -0.39 is 4.92 Å². The van der Waals surface area contributed by atoms with Crippen molar-refractivity contribution in [2.45, 2.75) is 31.7 Å². The van der Waals surface area contributed by atoms with E-state index in [0.717, 1.165) is 19.3 Å². The minimum absolute atomic E-state index is 0.0782. The molecule has 1 aliphatic heterocycles. The maximum absolute atomic E-state index is 12.5. The number of nitrogens with zero attached hydrogens (tertiary/aromatic N) is 2. The van der Waals surface area contributed by atoms with E-state index in [1.165, 1.54) is 12.1 Å². The van der Waals surface area contributed by atoms with Crippen LogP contribution in [0.25, 0.3) is 0 Å². The van der Waals surface area contributed by atoms with Crippen LogP contribution in [-0.2, 0) is 0 Å². The van der Waals surface area contributed by atoms with Crippen LogP contribution in [0.2, 0.25) is 0 Å². The summed E-state index contributed by atoms with van der Waals surface area (Å²) in [6.45, 7) is 0.727. The highest BCUT2D eigenvalue weighted by molar-refractivity contribution is 5.98. The Hall–Kier alpha value is -1.95. The second kappa shape index (κ2) is 6.47. The number of aliphatic hydroxyl groups is 1. The van der Waals surface area contributed by atoms with Crippen LogP contribution in [0.4, 0.5) is 5.69 Å². The highest BCUT2D eigenvalue weighted by atomic mass is 16.6. The fraction of sp³-hybridized carbons (Fsp3) is 0.500. The fourth-order valence-electron chi connectivity index (χ4n) is 2.70. The van der Waals surface area contributed by atoms with Crippen LogP contribution in [0.3, 0.4) is 0 Å². The molecule has 6 heteroatoms. The van der Waals surface area contributed by atoms with Crippen LogP contribution in [0, 0.1) is 10.1 Å². The number of carbonyl (C=O) groups excluding carboxylic acids is 1. The molecule has 1 aromatic rings. The van der Waals surface area contributed by atoms with Crippen molar-refractivity contribution in [3.63, 3.8) is 0 Å². The molecule has 0 radical (unpaired) electrons. The molecule has 1 heterocycles. The van der Waals surface area contributed by atoms with Crippen molar-refractivity contribution in [1.82, 2.24) is 4.90 Å². The summed E-state index contributed by atoms with van der Waals surface area (Å²) in [7, 11) is 0. The van der Waals surface area contributed by atoms with Gasteiger partial charge in [-0.15, -0.1) is 0 Å². The number of carbonyl (C=O) groups is 1. The van der Waals surface area contributed by atoms with E-state index in [2.05, 4.69) is 0 Å². The normalized spacial score (nSPS) is 18.2. The molecule has 1 amide bonds. The van der Waals surface area contributed by atoms with E-state index in [0.29, 0.717) is 13.0 Å². The number of rotatable bonds is 5. The summed E-state index contributed by atoms with van der Waals surface area (Å²) in [6.07, 6.45) is 3.18. The maximum atomic E-state index is 12.5. The Morgan fingerprint density at radius 1 is 1.45 bits per heavy atom. The molecule has 1 atom stereocenters. The molecule has 2 rings (SSSR count). The largest absolute Gasteiger partial charge is 0.396 e. The minimum Gasteiger partial charge on any atom is -0.396 e. The molecule has 0 spiro atoms. The highest BCUT2D eigenvalue weighted by Crippen LogP contribution is 2.26. The third kappa shape index (κ3) is 2.96. The van der Waals surface area contributed by atoms with Gasteiger partial charge in [0.2, 0.25) is 0 Å². The Morgan fingerprint density at radius 2 is 2.20 bits per heavy atom. The standard InChI is InChI=1S/C14H18N2O4/c17-10-4-6-11-5-3-9-15(11)14(18)12-7-1-2-8-13(12)16(19)20/h1-2,7-8,11,17H,3-6,9-10H2. The van der Waals surface area contributed by atoms with Gasteiger partial charge in [0.05, 0.1) is 4.92 Å². The first kappa shape index (κ1) is 14.5. The number of hydrogen-bond donors (Lipinski definition) is 1. The van der Waals surface area contributed by atoms with E-state index in [1.54, 1.807) is 17.0 Å². The van der Waals surface area contributed by atoms with Crippen LogP contribution < -0.4 is 0 Å². The lowest BCUT2D eigenvalue weighted by molar-refractivity contribution is -0.385. The Kier molecular flexibility index (Phi) is 4.68. The Labute approximate surface area is 117 Å². The van der Waals surface area contributed by atoms with E-state index in [9.17, 15) is 14.9 Å². The third-order valence-electron chi connectivity index (χ3n) is 3.66. The first-order valence-electron chi connectivity index (χ1n) is 6.80. The lowest BCUT2D eigenvalue weighted by Crippen LogP contribution is -2.36. The Morgan fingerprint density at radius 3 is 2.90 bits per heavy atom. The van der Waals surface area contributed by atoms with Gasteiger partial charge in [0, 0.05) is 25.3 Å². The first-order valence-corrected chi connectivity index (χ1v) is 6.80. The lowest BCUT2D eigenvalue weighted by Gasteiger charge is -2.24. The van der Waals surface area contributed by atoms with Crippen molar-refractivity contribution in [3.8, 4) is 0 Å². The fourth-order valence-corrected chi connectivity index (χ4v) is 2.70. The summed E-state index contributed by atoms with van der Waals surface area (Å²) >= 11 is 0. The molecular weight excluding hydrogens is 260 g/mol. The van der Waals surface area contributed by atoms with Crippen LogP contribution in [0.15, 0.2) is 24.3 Å². The quantitative estimate of drug-likeness (QED) is 0.659. The highest BCUT2D eigenvalue weighted by Gasteiger charge is 2.32. The van der Waals surface area contributed by atoms with Gasteiger partial charge in [0.1, 0.15) is 5.56 Å². The summed E-state index contributed by atoms with van der Waals surface area (Å²) in [5.74, 6) is -0.280. The number of nitro groups is 1. The van der Waals surface area contributed by atoms with Gasteiger partial charge < -0.3 is 10.0 Å². The van der Waals surface area contributed by atoms with E-state index in [4.69, 9.17) is 5.11 Å². The molecule has 1 aromatic carbocycles. The molecule has 0 bridgehead atoms. The molecule has 0 saturated carbocycles. The van der Waals surface area contributed by atoms with Gasteiger partial charge in [-0.3, -0.25) is 14.9 Å². The van der Waals surface area contributed by atoms with Crippen molar-refractivity contribution >= 4 is 11.6 Å². The van der Waals surface area contributed by atoms with Crippen molar-refractivity contribution in [3.05, 3.63) is 39.9 Å². The molecule has 108 valence electrons. The molecule has 1 aliphatic rings. The molecule has 20 heavy (non-hydrogen) atoms. The van der Waals surface area contributed by atoms with Crippen LogP contribution in [-0.4, -0.2) is 40.0 Å². The topological polar surface area (TPSA) is 83.7 Å². The second-order valence-corrected chi connectivity index (χ2v) is 4.93. The molecule has 6 nitrogen and oxygen atoms in total. The second-order valence-electron chi connectivity index (χ2n) is 4.93. The third-order valence-corrected chi connectivity index (χ3v) is 3.66. The number of nitro benzene ring substituents is 1. The van der Waals surface area contributed by atoms with Gasteiger partial charge in [-0.2, -0.15) is 0 Å². The average molecular weight is 278 g/mol. The Bertz CT molecular complexity index is 504. The number of amides is 1. The van der Waals surface area contributed by atoms with Crippen LogP contribution >= 0.6 is 0 Å². The van der Waals surface area contributed by atoms with Crippen molar-refractivity contribution in [1.29, 1.82) is 0 Å². The summed E-state index contributed by atoms with van der Waals surface area (Å²) < 4.78 is 0. The lowest BCUT2D eigenvalue weighted by atomic mass is 10.1. The SMILES string of the molecule is O=C(c1ccccc1[N+](=O)[O-])N1CCCC1CCCO. The summed E-state index contributed by atoms with van der Waals surface area (Å²) in [4.78, 5) is 24.7. The van der Waals surface area contributed by atoms with Gasteiger partial charge in [-0.25, -0.2) is 0 Å². The van der Waals surface area contributed by atoms with Gasteiger partial charge in [0.15, 0.2) is 0 Å². The zero-order chi connectivity index (χ0) is 14.5. The summed E-state index contributed by atoms with van der Waals surface area (Å²) in [6, 6.07) is 6.13. The maximum Gasteiger partial charge on any atom is 0.282 e. The average Bonchev–Trinajstić information content (AvgIpc) is 2.92. The minimum atomic E-state index is -0.522. The number of aliphatic hydroxyl groups excluding tert-OH is 1. The Balaban J connectivity index is 2.20. The molecular formula is C14H18N2O4. The smallest absolute Gasteiger partial charge is 0.282 e. The monoisotopic (exact) mass is 278 g/mol. The number of benzene rings is 1. The zero-order valence-electron chi connectivity index (χ0n) is 11.2. The van der Waals surface area contributed by atoms with Crippen LogP contribution in [0.5, 0.6) is 0 Å². The number of likely N-dealkylation sites (tertiary alicyclic amines) is 1. The first-order chi connectivity index (χ1) is 9.65. The molecule has 1 saturated heterocycles. The van der Waals surface area contributed by atoms with Crippen LogP contribution in [0.1, 0.15) is 36.0 Å². The molecule has 1 fully saturated rings. The number of hydrogen-bond acceptors (Lipinski definition) is 4. The predicted octanol–water partition coefficient (Wildman–Crippen LogP) is 1.97. The van der Waals surface area contributed by atoms with Gasteiger partial charge in [-0.1, -0.05) is 12.1 Å². The van der Waals surface area contributed by atoms with Gasteiger partial charge >= 0.3 is 0 Å². The van der Waals surface area contributed by atoms with Gasteiger partial charge in [0.25, 0.3) is 11.6 Å². The van der Waals surface area contributed by atoms with E-state index in [-0.39, 0.29) is 29.8 Å². The van der Waals surface area contributed by atoms with Crippen molar-refractivity contribution in [2.75, 3.05) is 13.2 Å². The molecule has 0 aliphatic carbocycles. The summed E-state index contributed by atoms with van der Waals surface area (Å²) in [5, 5.41) is 19.9. The summed E-state index contributed by atoms with van der Waals surface area (Å²) in [5.41, 5.74) is -0.00120. The van der Waals surface area contributed by atoms with Crippen molar-refractivity contribution in [2.24, 2.45) is 0 Å². The predicted molar refractivity (Wildman–Crippen MR) is 73.5 cm³/mol. The van der Waals surface area contributed by atoms with E-state index >= 15 is 0 Å². The van der Waals surface area contributed by atoms with E-state index in [1.807, 2.05) is 0 Å². The van der Waals surface area contributed by atoms with Gasteiger partial charge in [-0.05, 0) is 31.7 Å². The van der Waals surface area contributed by atoms with Crippen molar-refractivity contribution < 1.29 is 14.8 Å². The number of para-hydroxylation sites is 1. The molecule has 1 N–H and O–H groups in total. The molecule has 0 aromatic heterocycles.